The van der Waals surface area contributed by atoms with E-state index in [1.54, 1.807) is 94.1 Å². The number of carbonyl (C=O) groups excluding carboxylic acids is 2. The first-order chi connectivity index (χ1) is 15.5. The molecule has 3 rings (SSSR count). The Balaban J connectivity index is 1.59. The summed E-state index contributed by atoms with van der Waals surface area (Å²) in [5.74, 6) is 1.42. The molecule has 32 heavy (non-hydrogen) atoms. The summed E-state index contributed by atoms with van der Waals surface area (Å²) in [5.41, 5.74) is 2.47. The average molecular weight is 432 g/mol. The second-order valence-corrected chi connectivity index (χ2v) is 6.73. The number of amides is 2. The quantitative estimate of drug-likeness (QED) is 0.508. The molecule has 2 N–H and O–H groups in total. The summed E-state index contributed by atoms with van der Waals surface area (Å²) in [6.45, 7) is 0. The minimum absolute atomic E-state index is 0.250. The van der Waals surface area contributed by atoms with Gasteiger partial charge in [0, 0.05) is 29.1 Å². The van der Waals surface area contributed by atoms with Gasteiger partial charge in [-0.2, -0.15) is 0 Å². The average Bonchev–Trinajstić information content (AvgIpc) is 2.83. The first kappa shape index (κ1) is 22.4. The van der Waals surface area contributed by atoms with Gasteiger partial charge in [-0.1, -0.05) is 0 Å². The van der Waals surface area contributed by atoms with E-state index in [9.17, 15) is 9.59 Å². The molecule has 0 unspecified atom stereocenters. The maximum Gasteiger partial charge on any atom is 0.255 e. The van der Waals surface area contributed by atoms with Crippen molar-refractivity contribution >= 4 is 29.3 Å². The van der Waals surface area contributed by atoms with Gasteiger partial charge in [-0.25, -0.2) is 0 Å². The lowest BCUT2D eigenvalue weighted by molar-refractivity contribution is -0.111. The van der Waals surface area contributed by atoms with Crippen LogP contribution in [0.1, 0.15) is 15.9 Å². The number of carbonyl (C=O) groups is 2. The van der Waals surface area contributed by atoms with Crippen LogP contribution in [0.25, 0.3) is 6.08 Å². The zero-order valence-electron chi connectivity index (χ0n) is 18.0. The molecule has 0 spiro atoms. The number of ether oxygens (including phenoxy) is 3. The van der Waals surface area contributed by atoms with E-state index in [0.717, 1.165) is 5.56 Å². The van der Waals surface area contributed by atoms with Crippen LogP contribution in [0, 0.1) is 0 Å². The van der Waals surface area contributed by atoms with Crippen molar-refractivity contribution in [3.8, 4) is 17.2 Å². The fourth-order valence-electron chi connectivity index (χ4n) is 2.86. The molecule has 0 bridgehead atoms. The van der Waals surface area contributed by atoms with E-state index in [2.05, 4.69) is 10.6 Å². The van der Waals surface area contributed by atoms with Crippen molar-refractivity contribution in [2.24, 2.45) is 0 Å². The predicted octanol–water partition coefficient (Wildman–Crippen LogP) is 4.62. The third-order valence-electron chi connectivity index (χ3n) is 4.56. The topological polar surface area (TPSA) is 85.9 Å². The molecule has 164 valence electrons. The lowest BCUT2D eigenvalue weighted by Crippen LogP contribution is -2.12. The number of nitrogens with one attached hydrogen (secondary N) is 2. The number of benzene rings is 3. The highest BCUT2D eigenvalue weighted by Gasteiger charge is 2.07. The van der Waals surface area contributed by atoms with Crippen molar-refractivity contribution in [1.29, 1.82) is 0 Å². The van der Waals surface area contributed by atoms with Gasteiger partial charge >= 0.3 is 0 Å². The number of anilines is 2. The first-order valence-electron chi connectivity index (χ1n) is 9.78. The fraction of sp³-hybridized carbons (Fsp3) is 0.120. The van der Waals surface area contributed by atoms with Gasteiger partial charge in [-0.3, -0.25) is 9.59 Å². The van der Waals surface area contributed by atoms with Crippen molar-refractivity contribution in [2.75, 3.05) is 32.0 Å². The van der Waals surface area contributed by atoms with Crippen LogP contribution >= 0.6 is 0 Å². The van der Waals surface area contributed by atoms with E-state index < -0.39 is 0 Å². The van der Waals surface area contributed by atoms with Gasteiger partial charge < -0.3 is 24.8 Å². The van der Waals surface area contributed by atoms with Gasteiger partial charge in [0.05, 0.1) is 21.3 Å². The molecule has 0 fully saturated rings. The summed E-state index contributed by atoms with van der Waals surface area (Å²) in [5, 5.41) is 5.58. The molecule has 0 atom stereocenters. The van der Waals surface area contributed by atoms with Crippen LogP contribution in [-0.2, 0) is 4.79 Å². The molecule has 0 aliphatic heterocycles. The van der Waals surface area contributed by atoms with Crippen molar-refractivity contribution in [2.45, 2.75) is 0 Å². The zero-order valence-corrected chi connectivity index (χ0v) is 18.0. The summed E-state index contributed by atoms with van der Waals surface area (Å²) in [4.78, 5) is 24.7. The SMILES string of the molecule is COc1ccc(NC(=O)c2ccc(NC(=O)/C=C/c3cc(OC)cc(OC)c3)cc2)cc1. The number of hydrogen-bond acceptors (Lipinski definition) is 5. The Bertz CT molecular complexity index is 1080. The normalized spacial score (nSPS) is 10.5. The van der Waals surface area contributed by atoms with Crippen LogP contribution in [0.4, 0.5) is 11.4 Å². The summed E-state index contributed by atoms with van der Waals surface area (Å²) < 4.78 is 15.6. The molecule has 7 nitrogen and oxygen atoms in total. The zero-order chi connectivity index (χ0) is 22.9. The van der Waals surface area contributed by atoms with Gasteiger partial charge in [-0.05, 0) is 72.3 Å². The van der Waals surface area contributed by atoms with Gasteiger partial charge in [0.15, 0.2) is 0 Å². The van der Waals surface area contributed by atoms with Crippen LogP contribution in [-0.4, -0.2) is 33.1 Å². The smallest absolute Gasteiger partial charge is 0.255 e. The molecule has 7 heteroatoms. The van der Waals surface area contributed by atoms with Gasteiger partial charge in [0.1, 0.15) is 17.2 Å². The maximum atomic E-state index is 12.4. The number of methoxy groups -OCH3 is 3. The van der Waals surface area contributed by atoms with E-state index in [1.165, 1.54) is 6.08 Å². The second kappa shape index (κ2) is 10.7. The van der Waals surface area contributed by atoms with Crippen LogP contribution in [0.2, 0.25) is 0 Å². The maximum absolute atomic E-state index is 12.4. The largest absolute Gasteiger partial charge is 0.497 e. The Morgan fingerprint density at radius 2 is 1.22 bits per heavy atom. The third-order valence-corrected chi connectivity index (χ3v) is 4.56. The predicted molar refractivity (Wildman–Crippen MR) is 125 cm³/mol. The molecule has 0 aliphatic carbocycles. The van der Waals surface area contributed by atoms with E-state index >= 15 is 0 Å². The lowest BCUT2D eigenvalue weighted by atomic mass is 10.1. The molecular weight excluding hydrogens is 408 g/mol. The van der Waals surface area contributed by atoms with Gasteiger partial charge in [0.2, 0.25) is 5.91 Å². The van der Waals surface area contributed by atoms with Crippen molar-refractivity contribution < 1.29 is 23.8 Å². The molecule has 0 aromatic heterocycles. The monoisotopic (exact) mass is 432 g/mol. The minimum Gasteiger partial charge on any atom is -0.497 e. The molecule has 0 heterocycles. The summed E-state index contributed by atoms with van der Waals surface area (Å²) >= 11 is 0. The fourth-order valence-corrected chi connectivity index (χ4v) is 2.86. The Morgan fingerprint density at radius 3 is 1.78 bits per heavy atom. The Kier molecular flexibility index (Phi) is 7.48. The second-order valence-electron chi connectivity index (χ2n) is 6.73. The number of rotatable bonds is 8. The standard InChI is InChI=1S/C25H24N2O5/c1-30-21-11-9-20(10-12-21)27-25(29)18-5-7-19(8-6-18)26-24(28)13-4-17-14-22(31-2)16-23(15-17)32-3/h4-16H,1-3H3,(H,26,28)(H,27,29)/b13-4+. The molecule has 0 aliphatic rings. The molecule has 0 saturated carbocycles. The van der Waals surface area contributed by atoms with Crippen LogP contribution in [0.15, 0.2) is 72.8 Å². The highest BCUT2D eigenvalue weighted by Crippen LogP contribution is 2.23. The van der Waals surface area contributed by atoms with Gasteiger partial charge in [-0.15, -0.1) is 0 Å². The highest BCUT2D eigenvalue weighted by molar-refractivity contribution is 6.05. The molecule has 3 aromatic carbocycles. The van der Waals surface area contributed by atoms with Crippen LogP contribution in [0.5, 0.6) is 17.2 Å². The van der Waals surface area contributed by atoms with E-state index in [-0.39, 0.29) is 11.8 Å². The first-order valence-corrected chi connectivity index (χ1v) is 9.78. The molecule has 2 amide bonds. The van der Waals surface area contributed by atoms with E-state index in [4.69, 9.17) is 14.2 Å². The van der Waals surface area contributed by atoms with Crippen molar-refractivity contribution in [3.63, 3.8) is 0 Å². The molecule has 0 saturated heterocycles. The summed E-state index contributed by atoms with van der Waals surface area (Å²) in [7, 11) is 4.71. The van der Waals surface area contributed by atoms with Gasteiger partial charge in [0.25, 0.3) is 5.91 Å². The minimum atomic E-state index is -0.303. The third kappa shape index (κ3) is 6.12. The van der Waals surface area contributed by atoms with E-state index in [0.29, 0.717) is 34.2 Å². The number of hydrogen-bond donors (Lipinski definition) is 2. The van der Waals surface area contributed by atoms with Crippen LogP contribution in [0.3, 0.4) is 0 Å². The Morgan fingerprint density at radius 1 is 0.688 bits per heavy atom. The summed E-state index contributed by atoms with van der Waals surface area (Å²) in [6, 6.07) is 19.0. The highest BCUT2D eigenvalue weighted by atomic mass is 16.5. The van der Waals surface area contributed by atoms with E-state index in [1.807, 2.05) is 0 Å². The Hall–Kier alpha value is -4.26. The summed E-state index contributed by atoms with van der Waals surface area (Å²) in [6.07, 6.45) is 3.08. The molecular formula is C25H24N2O5. The Labute approximate surface area is 186 Å². The molecule has 0 radical (unpaired) electrons. The van der Waals surface area contributed by atoms with Crippen molar-refractivity contribution in [3.05, 3.63) is 83.9 Å². The molecule has 3 aromatic rings. The van der Waals surface area contributed by atoms with Crippen LogP contribution < -0.4 is 24.8 Å². The van der Waals surface area contributed by atoms with Crippen molar-refractivity contribution in [1.82, 2.24) is 0 Å². The lowest BCUT2D eigenvalue weighted by Gasteiger charge is -2.08.